The van der Waals surface area contributed by atoms with Gasteiger partial charge in [0, 0.05) is 0 Å². The van der Waals surface area contributed by atoms with E-state index in [0.29, 0.717) is 6.42 Å². The molecule has 0 heterocycles. The van der Waals surface area contributed by atoms with Crippen LogP contribution in [0.4, 0.5) is 11.4 Å². The SMILES string of the molecule is CCCCCCCCCCCCCCCCCCOc1ccccc1C(=O)C(Oc1cc(C(=O)OC)cc(C(=O)OC)c1)C(=O)Nc1cc(S(=O)(=O)Nc2cc(C(=O)OC)cc(C(=O)OC)c2)ccc1Cl. The number of amides is 1. The number of methoxy groups -OCH3 is 4. The van der Waals surface area contributed by atoms with Crippen molar-refractivity contribution in [1.82, 2.24) is 0 Å². The van der Waals surface area contributed by atoms with Crippen molar-refractivity contribution in [2.24, 2.45) is 0 Å². The van der Waals surface area contributed by atoms with Crippen LogP contribution in [0.3, 0.4) is 0 Å². The molecule has 0 saturated carbocycles. The molecule has 384 valence electrons. The molecule has 4 rings (SSSR count). The van der Waals surface area contributed by atoms with E-state index in [1.54, 1.807) is 18.2 Å². The van der Waals surface area contributed by atoms with E-state index in [1.165, 1.54) is 101 Å². The Morgan fingerprint density at radius 1 is 0.563 bits per heavy atom. The van der Waals surface area contributed by atoms with Gasteiger partial charge in [-0.3, -0.25) is 14.3 Å². The molecule has 0 bridgehead atoms. The predicted octanol–water partition coefficient (Wildman–Crippen LogP) is 11.2. The van der Waals surface area contributed by atoms with Crippen molar-refractivity contribution in [2.45, 2.75) is 121 Å². The summed E-state index contributed by atoms with van der Waals surface area (Å²) >= 11 is 6.50. The number of Topliss-reactive ketones (excluding diaryl/α,β-unsaturated/α-hetero) is 1. The number of unbranched alkanes of at least 4 members (excludes halogenated alkanes) is 15. The van der Waals surface area contributed by atoms with Gasteiger partial charge in [0.1, 0.15) is 11.5 Å². The molecule has 0 aliphatic carbocycles. The van der Waals surface area contributed by atoms with Crippen LogP contribution in [0.2, 0.25) is 5.02 Å². The Morgan fingerprint density at radius 3 is 1.49 bits per heavy atom. The minimum absolute atomic E-state index is 0.0337. The number of hydrogen-bond acceptors (Lipinski definition) is 14. The molecule has 0 spiro atoms. The zero-order valence-corrected chi connectivity index (χ0v) is 42.7. The third-order valence-electron chi connectivity index (χ3n) is 11.4. The van der Waals surface area contributed by atoms with Crippen molar-refractivity contribution in [3.05, 3.63) is 112 Å². The Morgan fingerprint density at radius 2 is 1.01 bits per heavy atom. The Labute approximate surface area is 421 Å². The van der Waals surface area contributed by atoms with Gasteiger partial charge in [-0.1, -0.05) is 127 Å². The van der Waals surface area contributed by atoms with Crippen LogP contribution in [-0.2, 0) is 33.8 Å². The lowest BCUT2D eigenvalue weighted by Crippen LogP contribution is -2.40. The summed E-state index contributed by atoms with van der Waals surface area (Å²) in [4.78, 5) is 78.6. The first-order valence-corrected chi connectivity index (χ1v) is 25.7. The molecule has 0 radical (unpaired) electrons. The fraction of sp³-hybridized carbons (Fsp3) is 0.434. The molecule has 0 aliphatic rings. The van der Waals surface area contributed by atoms with E-state index in [1.807, 2.05) is 0 Å². The summed E-state index contributed by atoms with van der Waals surface area (Å²) < 4.78 is 61.2. The molecule has 0 aromatic heterocycles. The molecule has 2 N–H and O–H groups in total. The number of sulfonamides is 1. The van der Waals surface area contributed by atoms with E-state index in [9.17, 15) is 37.2 Å². The highest BCUT2D eigenvalue weighted by Crippen LogP contribution is 2.30. The summed E-state index contributed by atoms with van der Waals surface area (Å²) in [6, 6.07) is 16.6. The largest absolute Gasteiger partial charge is 0.493 e. The normalized spacial score (nSPS) is 11.5. The Hall–Kier alpha value is -6.46. The van der Waals surface area contributed by atoms with Gasteiger partial charge in [0.2, 0.25) is 11.9 Å². The Bertz CT molecular complexity index is 2500. The van der Waals surface area contributed by atoms with Gasteiger partial charge in [-0.05, 0) is 73.2 Å². The van der Waals surface area contributed by atoms with E-state index in [2.05, 4.69) is 17.0 Å². The molecule has 16 nitrogen and oxygen atoms in total. The third-order valence-corrected chi connectivity index (χ3v) is 13.1. The molecule has 4 aromatic rings. The van der Waals surface area contributed by atoms with Crippen LogP contribution in [0.5, 0.6) is 11.5 Å². The maximum Gasteiger partial charge on any atom is 0.338 e. The third kappa shape index (κ3) is 18.0. The molecule has 4 aromatic carbocycles. The lowest BCUT2D eigenvalue weighted by molar-refractivity contribution is -0.120. The molecule has 0 fully saturated rings. The van der Waals surface area contributed by atoms with Gasteiger partial charge in [0.25, 0.3) is 15.9 Å². The molecule has 71 heavy (non-hydrogen) atoms. The van der Waals surface area contributed by atoms with Crippen molar-refractivity contribution < 1.29 is 65.6 Å². The zero-order chi connectivity index (χ0) is 51.8. The second-order valence-electron chi connectivity index (χ2n) is 16.8. The van der Waals surface area contributed by atoms with Crippen LogP contribution in [-0.4, -0.2) is 85.1 Å². The second kappa shape index (κ2) is 29.7. The van der Waals surface area contributed by atoms with E-state index in [-0.39, 0.29) is 62.3 Å². The summed E-state index contributed by atoms with van der Waals surface area (Å²) in [5.74, 6) is -5.59. The van der Waals surface area contributed by atoms with Crippen molar-refractivity contribution in [3.8, 4) is 11.5 Å². The lowest BCUT2D eigenvalue weighted by atomic mass is 10.0. The first-order valence-electron chi connectivity index (χ1n) is 23.9. The van der Waals surface area contributed by atoms with Crippen LogP contribution in [0.25, 0.3) is 0 Å². The molecular weight excluding hydrogens is 956 g/mol. The van der Waals surface area contributed by atoms with Crippen LogP contribution in [0.1, 0.15) is 161 Å². The number of benzene rings is 4. The van der Waals surface area contributed by atoms with Gasteiger partial charge < -0.3 is 33.7 Å². The van der Waals surface area contributed by atoms with Crippen LogP contribution < -0.4 is 19.5 Å². The molecule has 0 saturated heterocycles. The zero-order valence-electron chi connectivity index (χ0n) is 41.1. The molecule has 1 amide bonds. The Kier molecular flexibility index (Phi) is 23.9. The number of carbonyl (C=O) groups excluding carboxylic acids is 6. The number of anilines is 2. The van der Waals surface area contributed by atoms with Crippen molar-refractivity contribution in [3.63, 3.8) is 0 Å². The van der Waals surface area contributed by atoms with E-state index in [0.717, 1.165) is 84.1 Å². The van der Waals surface area contributed by atoms with Crippen LogP contribution in [0, 0.1) is 0 Å². The molecular formula is C53H65ClN2O14S. The number of rotatable bonds is 31. The first-order chi connectivity index (χ1) is 34.2. The molecule has 1 atom stereocenters. The van der Waals surface area contributed by atoms with Gasteiger partial charge >= 0.3 is 23.9 Å². The number of nitrogens with one attached hydrogen (secondary N) is 2. The van der Waals surface area contributed by atoms with Gasteiger partial charge in [-0.15, -0.1) is 0 Å². The second-order valence-corrected chi connectivity index (χ2v) is 18.8. The fourth-order valence-corrected chi connectivity index (χ4v) is 8.84. The van der Waals surface area contributed by atoms with Crippen LogP contribution in [0.15, 0.2) is 83.8 Å². The first kappa shape index (κ1) is 57.1. The number of ketones is 1. The van der Waals surface area contributed by atoms with E-state index >= 15 is 0 Å². The average molecular weight is 1020 g/mol. The number of hydrogen-bond donors (Lipinski definition) is 2. The number of para-hydroxylation sites is 1. The summed E-state index contributed by atoms with van der Waals surface area (Å²) in [6.07, 6.45) is 17.3. The fourth-order valence-electron chi connectivity index (χ4n) is 7.61. The standard InChI is InChI=1S/C53H65ClN2O14S/c1-6-7-8-9-10-11-12-13-14-15-16-17-18-19-20-23-28-69-46-25-22-21-24-43(46)47(57)48(70-41-33-38(52(61)67-4)30-39(34-41)53(62)68-5)49(58)55-45-35-42(26-27-44(45)54)71(63,64)56-40-31-36(50(59)65-2)29-37(32-40)51(60)66-3/h21-22,24-27,29-35,48,56H,6-20,23,28H2,1-5H3,(H,55,58). The number of esters is 4. The maximum atomic E-state index is 14.6. The number of halogens is 1. The van der Waals surface area contributed by atoms with Gasteiger partial charge in [-0.2, -0.15) is 0 Å². The Balaban J connectivity index is 1.52. The topological polar surface area (TPSA) is 216 Å². The highest BCUT2D eigenvalue weighted by Gasteiger charge is 2.33. The molecule has 1 unspecified atom stereocenters. The minimum Gasteiger partial charge on any atom is -0.493 e. The maximum absolute atomic E-state index is 14.6. The molecule has 18 heteroatoms. The van der Waals surface area contributed by atoms with E-state index in [4.69, 9.17) is 40.0 Å². The van der Waals surface area contributed by atoms with Gasteiger partial charge in [0.15, 0.2) is 0 Å². The summed E-state index contributed by atoms with van der Waals surface area (Å²) in [7, 11) is -0.0828. The summed E-state index contributed by atoms with van der Waals surface area (Å²) in [6.45, 7) is 2.52. The van der Waals surface area contributed by atoms with Crippen molar-refractivity contribution in [2.75, 3.05) is 45.1 Å². The minimum atomic E-state index is -4.55. The average Bonchev–Trinajstić information content (AvgIpc) is 3.37. The smallest absolute Gasteiger partial charge is 0.338 e. The summed E-state index contributed by atoms with van der Waals surface area (Å²) in [5, 5.41) is 2.34. The number of ether oxygens (including phenoxy) is 6. The van der Waals surface area contributed by atoms with Crippen molar-refractivity contribution >= 4 is 68.6 Å². The monoisotopic (exact) mass is 1020 g/mol. The number of carbonyl (C=O) groups is 6. The predicted molar refractivity (Wildman–Crippen MR) is 269 cm³/mol. The van der Waals surface area contributed by atoms with Gasteiger partial charge in [0.05, 0.1) is 84.2 Å². The quantitative estimate of drug-likeness (QED) is 0.0158. The van der Waals surface area contributed by atoms with Crippen LogP contribution >= 0.6 is 11.6 Å². The highest BCUT2D eigenvalue weighted by molar-refractivity contribution is 7.92. The van der Waals surface area contributed by atoms with E-state index < -0.39 is 56.6 Å². The lowest BCUT2D eigenvalue weighted by Gasteiger charge is -2.21. The van der Waals surface area contributed by atoms with Crippen molar-refractivity contribution in [1.29, 1.82) is 0 Å². The highest BCUT2D eigenvalue weighted by atomic mass is 35.5. The van der Waals surface area contributed by atoms with Gasteiger partial charge in [-0.25, -0.2) is 27.6 Å². The summed E-state index contributed by atoms with van der Waals surface area (Å²) in [5.41, 5.74) is -1.15. The molecule has 0 aliphatic heterocycles.